The van der Waals surface area contributed by atoms with Gasteiger partial charge in [-0.3, -0.25) is 4.57 Å². The fourth-order valence-electron chi connectivity index (χ4n) is 2.67. The van der Waals surface area contributed by atoms with Gasteiger partial charge in [-0.2, -0.15) is 5.21 Å². The second-order valence-electron chi connectivity index (χ2n) is 5.35. The first-order valence-corrected chi connectivity index (χ1v) is 7.65. The van der Waals surface area contributed by atoms with Crippen molar-refractivity contribution in [2.75, 3.05) is 0 Å². The predicted octanol–water partition coefficient (Wildman–Crippen LogP) is 2.38. The molecule has 10 nitrogen and oxygen atoms in total. The molecule has 0 unspecified atom stereocenters. The molecule has 10 heteroatoms. The Bertz CT molecular complexity index is 1160. The van der Waals surface area contributed by atoms with E-state index in [1.54, 1.807) is 6.20 Å². The summed E-state index contributed by atoms with van der Waals surface area (Å²) in [5.74, 6) is 1.33. The van der Waals surface area contributed by atoms with E-state index in [2.05, 4.69) is 35.9 Å². The highest BCUT2D eigenvalue weighted by molar-refractivity contribution is 5.89. The van der Waals surface area contributed by atoms with E-state index in [0.717, 1.165) is 17.1 Å². The topological polar surface area (TPSA) is 120 Å². The molecule has 0 saturated carbocycles. The average molecular weight is 346 g/mol. The zero-order valence-electron chi connectivity index (χ0n) is 13.1. The highest BCUT2D eigenvalue weighted by atomic mass is 16.6. The van der Waals surface area contributed by atoms with Crippen LogP contribution in [0.4, 0.5) is 0 Å². The molecule has 26 heavy (non-hydrogen) atoms. The van der Waals surface area contributed by atoms with Crippen molar-refractivity contribution in [1.82, 2.24) is 40.5 Å². The third kappa shape index (κ3) is 2.36. The van der Waals surface area contributed by atoms with Gasteiger partial charge in [0.1, 0.15) is 22.6 Å². The first-order valence-electron chi connectivity index (χ1n) is 7.65. The van der Waals surface area contributed by atoms with E-state index >= 15 is 0 Å². The number of tetrazole rings is 1. The largest absolute Gasteiger partial charge is 0.422 e. The van der Waals surface area contributed by atoms with E-state index in [0.29, 0.717) is 16.8 Å². The summed E-state index contributed by atoms with van der Waals surface area (Å²) in [6.45, 7) is 0. The van der Waals surface area contributed by atoms with Crippen molar-refractivity contribution in [2.45, 2.75) is 0 Å². The summed E-state index contributed by atoms with van der Waals surface area (Å²) in [6, 6.07) is 13.3. The molecule has 0 radical (unpaired) electrons. The number of fused-ring (bicyclic) bond motifs is 1. The van der Waals surface area contributed by atoms with E-state index in [4.69, 9.17) is 9.37 Å². The number of aromatic amines is 1. The van der Waals surface area contributed by atoms with Gasteiger partial charge in [0.2, 0.25) is 0 Å². The van der Waals surface area contributed by atoms with Gasteiger partial charge in [-0.25, -0.2) is 9.61 Å². The van der Waals surface area contributed by atoms with Crippen molar-refractivity contribution in [3.8, 4) is 28.8 Å². The molecule has 2 aromatic carbocycles. The molecule has 0 saturated heterocycles. The van der Waals surface area contributed by atoms with Crippen molar-refractivity contribution in [3.05, 3.63) is 54.9 Å². The van der Waals surface area contributed by atoms with Gasteiger partial charge in [0.05, 0.1) is 0 Å². The molecule has 1 N–H and O–H groups in total. The SMILES string of the molecule is c1cc(-c2nccn2-c2ccc(Oc3nn[nH]n3)cc2)c2nonc2c1. The Balaban J connectivity index is 1.52. The highest BCUT2D eigenvalue weighted by Crippen LogP contribution is 2.28. The monoisotopic (exact) mass is 346 g/mol. The third-order valence-electron chi connectivity index (χ3n) is 3.82. The molecule has 0 amide bonds. The molecule has 0 spiro atoms. The van der Waals surface area contributed by atoms with Gasteiger partial charge in [0.25, 0.3) is 0 Å². The van der Waals surface area contributed by atoms with Crippen molar-refractivity contribution >= 4 is 11.0 Å². The molecule has 0 aliphatic carbocycles. The first-order chi connectivity index (χ1) is 12.9. The lowest BCUT2D eigenvalue weighted by Gasteiger charge is -2.09. The number of aromatic nitrogens is 8. The Morgan fingerprint density at radius 2 is 1.96 bits per heavy atom. The number of ether oxygens (including phenoxy) is 1. The molecule has 5 rings (SSSR count). The van der Waals surface area contributed by atoms with Crippen LogP contribution in [0.25, 0.3) is 28.1 Å². The second kappa shape index (κ2) is 5.77. The zero-order valence-corrected chi connectivity index (χ0v) is 13.1. The molecular formula is C16H10N8O2. The van der Waals surface area contributed by atoms with Gasteiger partial charge >= 0.3 is 6.01 Å². The summed E-state index contributed by atoms with van der Waals surface area (Å²) in [6.07, 6.45) is 3.60. The van der Waals surface area contributed by atoms with E-state index in [1.807, 2.05) is 53.2 Å². The van der Waals surface area contributed by atoms with Crippen LogP contribution in [-0.2, 0) is 0 Å². The summed E-state index contributed by atoms with van der Waals surface area (Å²) >= 11 is 0. The van der Waals surface area contributed by atoms with Crippen molar-refractivity contribution in [3.63, 3.8) is 0 Å². The van der Waals surface area contributed by atoms with E-state index in [1.165, 1.54) is 0 Å². The van der Waals surface area contributed by atoms with Crippen LogP contribution in [0.5, 0.6) is 11.8 Å². The van der Waals surface area contributed by atoms with Crippen molar-refractivity contribution in [2.24, 2.45) is 0 Å². The molecule has 126 valence electrons. The van der Waals surface area contributed by atoms with Crippen molar-refractivity contribution < 1.29 is 9.37 Å². The van der Waals surface area contributed by atoms with Gasteiger partial charge < -0.3 is 4.74 Å². The minimum absolute atomic E-state index is 0.159. The normalized spacial score (nSPS) is 11.1. The average Bonchev–Trinajstić information content (AvgIpc) is 3.43. The van der Waals surface area contributed by atoms with Gasteiger partial charge in [-0.1, -0.05) is 16.3 Å². The number of nitrogens with one attached hydrogen (secondary N) is 1. The van der Waals surface area contributed by atoms with Crippen LogP contribution < -0.4 is 4.74 Å². The van der Waals surface area contributed by atoms with E-state index in [-0.39, 0.29) is 6.01 Å². The number of nitrogens with zero attached hydrogens (tertiary/aromatic N) is 7. The number of imidazole rings is 1. The quantitative estimate of drug-likeness (QED) is 0.526. The van der Waals surface area contributed by atoms with Crippen LogP contribution >= 0.6 is 0 Å². The van der Waals surface area contributed by atoms with Gasteiger partial charge in [-0.05, 0) is 51.9 Å². The summed E-state index contributed by atoms with van der Waals surface area (Å²) < 4.78 is 12.3. The van der Waals surface area contributed by atoms with E-state index < -0.39 is 0 Å². The third-order valence-corrected chi connectivity index (χ3v) is 3.82. The van der Waals surface area contributed by atoms with Crippen LogP contribution in [0.1, 0.15) is 0 Å². The molecule has 3 heterocycles. The van der Waals surface area contributed by atoms with Gasteiger partial charge in [0.15, 0.2) is 0 Å². The fourth-order valence-corrected chi connectivity index (χ4v) is 2.67. The number of rotatable bonds is 4. The Kier molecular flexibility index (Phi) is 3.17. The molecule has 5 aromatic rings. The number of hydrogen-bond acceptors (Lipinski definition) is 8. The second-order valence-corrected chi connectivity index (χ2v) is 5.35. The Hall–Kier alpha value is -4.08. The minimum Gasteiger partial charge on any atom is -0.422 e. The standard InChI is InChI=1S/C16H10N8O2/c1-2-12(14-13(3-1)20-26-21-14)15-17-8-9-24(15)10-4-6-11(7-5-10)25-16-18-22-23-19-16/h1-9H,(H,18,19,22,23). The van der Waals surface area contributed by atoms with Gasteiger partial charge in [-0.15, -0.1) is 0 Å². The lowest BCUT2D eigenvalue weighted by atomic mass is 10.1. The summed E-state index contributed by atoms with van der Waals surface area (Å²) in [5, 5.41) is 21.2. The summed E-state index contributed by atoms with van der Waals surface area (Å²) in [5.41, 5.74) is 3.09. The maximum absolute atomic E-state index is 5.48. The molecule has 3 aromatic heterocycles. The molecule has 0 fully saturated rings. The lowest BCUT2D eigenvalue weighted by molar-refractivity contribution is 0.315. The number of hydrogen-bond donors (Lipinski definition) is 1. The van der Waals surface area contributed by atoms with E-state index in [9.17, 15) is 0 Å². The number of benzene rings is 2. The maximum atomic E-state index is 5.48. The zero-order chi connectivity index (χ0) is 17.3. The minimum atomic E-state index is 0.159. The predicted molar refractivity (Wildman–Crippen MR) is 88.6 cm³/mol. The van der Waals surface area contributed by atoms with Crippen molar-refractivity contribution in [1.29, 1.82) is 0 Å². The number of H-pyrrole nitrogens is 1. The van der Waals surface area contributed by atoms with Crippen LogP contribution in [0.3, 0.4) is 0 Å². The molecule has 0 aliphatic rings. The molecule has 0 bridgehead atoms. The van der Waals surface area contributed by atoms with Crippen LogP contribution in [0, 0.1) is 0 Å². The lowest BCUT2D eigenvalue weighted by Crippen LogP contribution is -1.97. The molecule has 0 atom stereocenters. The molecular weight excluding hydrogens is 336 g/mol. The van der Waals surface area contributed by atoms with Gasteiger partial charge in [0, 0.05) is 23.6 Å². The van der Waals surface area contributed by atoms with Crippen LogP contribution in [0.15, 0.2) is 59.5 Å². The Morgan fingerprint density at radius 3 is 2.81 bits per heavy atom. The molecule has 0 aliphatic heterocycles. The summed E-state index contributed by atoms with van der Waals surface area (Å²) in [4.78, 5) is 4.47. The fraction of sp³-hybridized carbons (Fsp3) is 0. The van der Waals surface area contributed by atoms with Crippen LogP contribution in [0.2, 0.25) is 0 Å². The highest BCUT2D eigenvalue weighted by Gasteiger charge is 2.14. The summed E-state index contributed by atoms with van der Waals surface area (Å²) in [7, 11) is 0. The Labute approximate surface area is 145 Å². The smallest absolute Gasteiger partial charge is 0.361 e. The van der Waals surface area contributed by atoms with Crippen LogP contribution in [-0.4, -0.2) is 40.5 Å². The maximum Gasteiger partial charge on any atom is 0.361 e. The Morgan fingerprint density at radius 1 is 1.04 bits per heavy atom. The first kappa shape index (κ1) is 14.3.